The lowest BCUT2D eigenvalue weighted by atomic mass is 9.99. The monoisotopic (exact) mass is 852 g/mol. The fourth-order valence-corrected chi connectivity index (χ4v) is 7.97. The molecule has 4 atom stereocenters. The molecule has 2 aromatic carbocycles. The summed E-state index contributed by atoms with van der Waals surface area (Å²) < 4.78 is 5.61. The van der Waals surface area contributed by atoms with Crippen LogP contribution >= 0.6 is 11.3 Å². The van der Waals surface area contributed by atoms with Gasteiger partial charge in [0.15, 0.2) is 0 Å². The Hall–Kier alpha value is -7.02. The molecule has 5 aromatic rings. The number of aryl methyl sites for hydroxylation is 1. The molecule has 8 N–H and O–H groups in total. The molecule has 320 valence electrons. The van der Waals surface area contributed by atoms with Crippen LogP contribution in [0, 0.1) is 6.92 Å². The van der Waals surface area contributed by atoms with Gasteiger partial charge in [-0.3, -0.25) is 33.6 Å². The van der Waals surface area contributed by atoms with Crippen LogP contribution in [0.1, 0.15) is 58.5 Å². The van der Waals surface area contributed by atoms with Crippen molar-refractivity contribution in [2.24, 2.45) is 0 Å². The van der Waals surface area contributed by atoms with Crippen molar-refractivity contribution in [1.29, 1.82) is 0 Å². The zero-order valence-electron chi connectivity index (χ0n) is 34.3. The zero-order valence-corrected chi connectivity index (χ0v) is 35.1. The van der Waals surface area contributed by atoms with Gasteiger partial charge < -0.3 is 51.5 Å². The van der Waals surface area contributed by atoms with Crippen molar-refractivity contribution in [3.05, 3.63) is 93.8 Å². The van der Waals surface area contributed by atoms with Crippen LogP contribution in [-0.4, -0.2) is 107 Å². The molecular weight excluding hydrogens is 805 g/mol. The number of nitrogens with one attached hydrogen (secondary N) is 8. The number of amides is 7. The smallest absolute Gasteiger partial charge is 0.271 e. The van der Waals surface area contributed by atoms with Gasteiger partial charge in [0.1, 0.15) is 34.6 Å². The predicted molar refractivity (Wildman–Crippen MR) is 227 cm³/mol. The summed E-state index contributed by atoms with van der Waals surface area (Å²) >= 11 is 1.11. The number of hydrogen-bond donors (Lipinski definition) is 8. The second-order valence-corrected chi connectivity index (χ2v) is 15.6. The molecule has 4 heterocycles. The molecule has 6 rings (SSSR count). The molecule has 3 aromatic heterocycles. The van der Waals surface area contributed by atoms with Gasteiger partial charge in [-0.1, -0.05) is 31.7 Å². The topological polar surface area (TPSA) is 249 Å². The number of rotatable bonds is 6. The van der Waals surface area contributed by atoms with E-state index in [0.717, 1.165) is 43.8 Å². The lowest BCUT2D eigenvalue weighted by Crippen LogP contribution is -2.56. The summed E-state index contributed by atoms with van der Waals surface area (Å²) in [5.41, 5.74) is 3.51. The normalized spacial score (nSPS) is 20.6. The summed E-state index contributed by atoms with van der Waals surface area (Å²) in [7, 11) is 2.87. The van der Waals surface area contributed by atoms with Crippen molar-refractivity contribution in [2.75, 3.05) is 27.2 Å². The molecule has 18 nitrogen and oxygen atoms in total. The van der Waals surface area contributed by atoms with E-state index in [1.807, 2.05) is 31.2 Å². The number of carbonyl (C=O) groups excluding carboxylic acids is 7. The Kier molecular flexibility index (Phi) is 13.5. The number of aromatic nitrogens is 3. The number of H-pyrrole nitrogens is 2. The third kappa shape index (κ3) is 10.1. The molecule has 1 aliphatic rings. The van der Waals surface area contributed by atoms with Crippen molar-refractivity contribution in [3.8, 4) is 5.75 Å². The Morgan fingerprint density at radius 1 is 0.820 bits per heavy atom. The highest BCUT2D eigenvalue weighted by Gasteiger charge is 2.31. The average molecular weight is 853 g/mol. The highest BCUT2D eigenvalue weighted by atomic mass is 32.1. The van der Waals surface area contributed by atoms with Crippen LogP contribution in [0.15, 0.2) is 66.4 Å². The molecule has 4 unspecified atom stereocenters. The minimum absolute atomic E-state index is 0.0145. The maximum absolute atomic E-state index is 14.5. The van der Waals surface area contributed by atoms with Crippen LogP contribution in [-0.2, 0) is 41.6 Å². The number of thiazole rings is 1. The fourth-order valence-electron chi connectivity index (χ4n) is 7.16. The number of nitrogens with zero attached hydrogens (tertiary/aromatic N) is 2. The molecular formula is C42H48N10O8S. The first-order valence-electron chi connectivity index (χ1n) is 19.5. The second kappa shape index (κ2) is 18.9. The Labute approximate surface area is 354 Å². The van der Waals surface area contributed by atoms with Crippen LogP contribution in [0.25, 0.3) is 21.8 Å². The summed E-state index contributed by atoms with van der Waals surface area (Å²) in [5, 5.41) is 19.4. The lowest BCUT2D eigenvalue weighted by Gasteiger charge is -2.24. The Balaban J connectivity index is 1.36. The number of fused-ring (bicyclic) bond motifs is 4. The number of benzene rings is 2. The summed E-state index contributed by atoms with van der Waals surface area (Å²) in [6.07, 6.45) is 3.54. The van der Waals surface area contributed by atoms with Gasteiger partial charge in [0.05, 0.1) is 31.9 Å². The molecule has 19 heteroatoms. The molecule has 0 radical (unpaired) electrons. The van der Waals surface area contributed by atoms with Crippen LogP contribution in [0.3, 0.4) is 0 Å². The van der Waals surface area contributed by atoms with Crippen LogP contribution in [0.2, 0.25) is 0 Å². The molecule has 0 fully saturated rings. The molecule has 1 aliphatic heterocycles. The van der Waals surface area contributed by atoms with Crippen molar-refractivity contribution in [3.63, 3.8) is 0 Å². The van der Waals surface area contributed by atoms with E-state index in [0.29, 0.717) is 21.7 Å². The quantitative estimate of drug-likeness (QED) is 0.116. The first kappa shape index (κ1) is 43.6. The summed E-state index contributed by atoms with van der Waals surface area (Å²) in [6, 6.07) is 6.82. The Bertz CT molecular complexity index is 2520. The number of hydrogen-bond acceptors (Lipinski definition) is 10. The maximum Gasteiger partial charge on any atom is 0.271 e. The maximum atomic E-state index is 14.5. The third-order valence-electron chi connectivity index (χ3n) is 10.3. The van der Waals surface area contributed by atoms with Crippen molar-refractivity contribution >= 4 is 74.5 Å². The lowest BCUT2D eigenvalue weighted by molar-refractivity contribution is -0.134. The highest BCUT2D eigenvalue weighted by Crippen LogP contribution is 2.30. The van der Waals surface area contributed by atoms with Gasteiger partial charge in [-0.15, -0.1) is 11.3 Å². The minimum Gasteiger partial charge on any atom is -0.496 e. The van der Waals surface area contributed by atoms with Crippen molar-refractivity contribution < 1.29 is 38.3 Å². The van der Waals surface area contributed by atoms with E-state index in [1.165, 1.54) is 19.5 Å². The van der Waals surface area contributed by atoms with Crippen LogP contribution in [0.4, 0.5) is 0 Å². The van der Waals surface area contributed by atoms with E-state index in [9.17, 15) is 33.6 Å². The Morgan fingerprint density at radius 3 is 2.16 bits per heavy atom. The van der Waals surface area contributed by atoms with E-state index in [4.69, 9.17) is 4.74 Å². The third-order valence-corrected chi connectivity index (χ3v) is 11.3. The van der Waals surface area contributed by atoms with Gasteiger partial charge in [-0.25, -0.2) is 4.98 Å². The Morgan fingerprint density at radius 2 is 1.48 bits per heavy atom. The van der Waals surface area contributed by atoms with E-state index >= 15 is 0 Å². The SMILES string of the molecule is C=C1NC(=O)C(CC)NC(=O)CNC(=O)C(Cc2c[nH]c3cccc(OC)c23)NC(=O)C(Cc2c[nH]c3cccc(C)c23)NC(=O)c2csc(n2)C(C)NC(=O)CN(C)C1=O. The van der Waals surface area contributed by atoms with Gasteiger partial charge >= 0.3 is 0 Å². The van der Waals surface area contributed by atoms with Crippen LogP contribution < -0.4 is 36.6 Å². The summed E-state index contributed by atoms with van der Waals surface area (Å²) in [6.45, 7) is 7.89. The first-order valence-corrected chi connectivity index (χ1v) is 20.4. The zero-order chi connectivity index (χ0) is 44.0. The molecule has 0 spiro atoms. The second-order valence-electron chi connectivity index (χ2n) is 14.7. The number of aromatic amines is 2. The van der Waals surface area contributed by atoms with Crippen LogP contribution in [0.5, 0.6) is 5.75 Å². The summed E-state index contributed by atoms with van der Waals surface area (Å²) in [4.78, 5) is 107. The van der Waals surface area contributed by atoms with E-state index in [2.05, 4.69) is 53.4 Å². The molecule has 0 aliphatic carbocycles. The number of methoxy groups -OCH3 is 1. The largest absolute Gasteiger partial charge is 0.496 e. The molecule has 0 saturated heterocycles. The van der Waals surface area contributed by atoms with E-state index < -0.39 is 78.6 Å². The van der Waals surface area contributed by atoms with Gasteiger partial charge in [0.25, 0.3) is 11.8 Å². The molecule has 7 amide bonds. The van der Waals surface area contributed by atoms with Gasteiger partial charge in [-0.05, 0) is 55.2 Å². The summed E-state index contributed by atoms with van der Waals surface area (Å²) in [5.74, 6) is -4.34. The molecule has 2 bridgehead atoms. The van der Waals surface area contributed by atoms with E-state index in [1.54, 1.807) is 38.4 Å². The molecule has 61 heavy (non-hydrogen) atoms. The van der Waals surface area contributed by atoms with Gasteiger partial charge in [0.2, 0.25) is 29.5 Å². The molecule has 0 saturated carbocycles. The highest BCUT2D eigenvalue weighted by molar-refractivity contribution is 7.09. The average Bonchev–Trinajstić information content (AvgIpc) is 4.00. The fraction of sp³-hybridized carbons (Fsp3) is 0.333. The first-order chi connectivity index (χ1) is 29.2. The van der Waals surface area contributed by atoms with Gasteiger partial charge in [0, 0.05) is 59.5 Å². The number of ether oxygens (including phenoxy) is 1. The number of likely N-dealkylation sites (N-methyl/N-ethyl adjacent to an activating group) is 1. The van der Waals surface area contributed by atoms with Crippen molar-refractivity contribution in [2.45, 2.75) is 64.2 Å². The minimum atomic E-state index is -1.29. The number of carbonyl (C=O) groups is 7. The predicted octanol–water partition coefficient (Wildman–Crippen LogP) is 1.78. The standard InChI is InChI=1S/C42H48N10O8S/c1-7-26-38(56)47-23(4)42(59)52(5)19-34(54)46-22(3)41-51-31(20-61-41)40(58)50-30(14-24-16-43-27-11-8-10-21(2)35(24)27)39(57)49-29(37(55)45-18-33(53)48-26)15-25-17-44-28-12-9-13-32(60-6)36(25)28/h8-13,16-17,20,22,26,29-30,43-44H,4,7,14-15,18-19H2,1-3,5-6H3,(H,45,55)(H,46,54)(H,47,56)(H,48,53)(H,49,57)(H,50,58). The van der Waals surface area contributed by atoms with E-state index in [-0.39, 0.29) is 30.7 Å². The van der Waals surface area contributed by atoms with Gasteiger partial charge in [-0.2, -0.15) is 0 Å². The van der Waals surface area contributed by atoms with Crippen molar-refractivity contribution in [1.82, 2.24) is 51.8 Å².